The summed E-state index contributed by atoms with van der Waals surface area (Å²) in [6, 6.07) is 6.26. The van der Waals surface area contributed by atoms with Crippen LogP contribution in [0.2, 0.25) is 0 Å². The van der Waals surface area contributed by atoms with Crippen molar-refractivity contribution in [1.82, 2.24) is 0 Å². The quantitative estimate of drug-likeness (QED) is 0.636. The Bertz CT molecular complexity index is 578. The monoisotopic (exact) mass is 281 g/mol. The Morgan fingerprint density at radius 1 is 1.21 bits per heavy atom. The molecule has 6 heteroatoms. The van der Waals surface area contributed by atoms with E-state index in [-0.39, 0.29) is 10.6 Å². The number of hydrogen-bond donors (Lipinski definition) is 0. The summed E-state index contributed by atoms with van der Waals surface area (Å²) in [4.78, 5) is 10.5. The van der Waals surface area contributed by atoms with E-state index >= 15 is 0 Å². The molecule has 1 aromatic carbocycles. The molecule has 19 heavy (non-hydrogen) atoms. The zero-order valence-electron chi connectivity index (χ0n) is 11.0. The summed E-state index contributed by atoms with van der Waals surface area (Å²) in [6.45, 7) is 4.00. The zero-order valence-corrected chi connectivity index (χ0v) is 11.8. The van der Waals surface area contributed by atoms with Gasteiger partial charge in [-0.3, -0.25) is 14.3 Å². The highest BCUT2D eigenvalue weighted by molar-refractivity contribution is 7.84. The Labute approximate surface area is 113 Å². The third-order valence-corrected chi connectivity index (χ3v) is 3.27. The van der Waals surface area contributed by atoms with Gasteiger partial charge in [0.15, 0.2) is 0 Å². The van der Waals surface area contributed by atoms with Gasteiger partial charge in [0, 0.05) is 17.9 Å². The molecule has 0 amide bonds. The minimum absolute atomic E-state index is 0.127. The molecular weight excluding hydrogens is 266 g/mol. The smallest absolute Gasteiger partial charge is 0.285 e. The van der Waals surface area contributed by atoms with E-state index in [1.165, 1.54) is 24.8 Å². The second-order valence-electron chi connectivity index (χ2n) is 3.41. The highest BCUT2D eigenvalue weighted by atomic mass is 32.2. The zero-order chi connectivity index (χ0) is 14.4. The van der Waals surface area contributed by atoms with Crippen LogP contribution < -0.4 is 0 Å². The molecule has 1 atom stereocenters. The summed E-state index contributed by atoms with van der Waals surface area (Å²) >= 11 is 0. The molecule has 1 aromatic heterocycles. The fourth-order valence-electron chi connectivity index (χ4n) is 1.50. The van der Waals surface area contributed by atoms with E-state index in [1.807, 2.05) is 13.8 Å². The van der Waals surface area contributed by atoms with E-state index in [2.05, 4.69) is 0 Å². The van der Waals surface area contributed by atoms with Crippen LogP contribution in [0.4, 0.5) is 5.69 Å². The normalized spacial score (nSPS) is 11.3. The minimum atomic E-state index is -1.41. The summed E-state index contributed by atoms with van der Waals surface area (Å²) in [5, 5.41) is 10.8. The predicted octanol–water partition coefficient (Wildman–Crippen LogP) is 3.62. The molecule has 0 saturated heterocycles. The Kier molecular flexibility index (Phi) is 5.44. The van der Waals surface area contributed by atoms with Crippen molar-refractivity contribution in [1.29, 1.82) is 0 Å². The molecule has 0 N–H and O–H groups in total. The van der Waals surface area contributed by atoms with Gasteiger partial charge in [-0.25, -0.2) is 0 Å². The van der Waals surface area contributed by atoms with Gasteiger partial charge in [0.25, 0.3) is 5.69 Å². The minimum Gasteiger partial charge on any atom is -0.472 e. The number of rotatable bonds is 3. The van der Waals surface area contributed by atoms with Crippen LogP contribution in [0.1, 0.15) is 13.8 Å². The first kappa shape index (κ1) is 15.1. The lowest BCUT2D eigenvalue weighted by atomic mass is 10.1. The second kappa shape index (κ2) is 6.84. The Hall–Kier alpha value is -1.95. The first-order valence-electron chi connectivity index (χ1n) is 5.74. The van der Waals surface area contributed by atoms with Gasteiger partial charge in [0.05, 0.1) is 28.2 Å². The van der Waals surface area contributed by atoms with Gasteiger partial charge in [-0.1, -0.05) is 13.8 Å². The van der Waals surface area contributed by atoms with Crippen molar-refractivity contribution in [2.75, 3.05) is 6.26 Å². The molecule has 0 aliphatic heterocycles. The Balaban J connectivity index is 0.000000861. The lowest BCUT2D eigenvalue weighted by molar-refractivity contribution is -0.387. The SMILES string of the molecule is CC.CS(=O)c1cc(-c2ccoc2)ccc1[N+](=O)[O-]. The van der Waals surface area contributed by atoms with Crippen molar-refractivity contribution in [2.45, 2.75) is 18.7 Å². The van der Waals surface area contributed by atoms with E-state index in [0.29, 0.717) is 0 Å². The van der Waals surface area contributed by atoms with Crippen LogP contribution in [0.3, 0.4) is 0 Å². The van der Waals surface area contributed by atoms with E-state index < -0.39 is 15.7 Å². The molecule has 0 radical (unpaired) electrons. The van der Waals surface area contributed by atoms with Gasteiger partial charge in [0.2, 0.25) is 0 Å². The summed E-state index contributed by atoms with van der Waals surface area (Å²) in [7, 11) is -1.41. The number of furan rings is 1. The maximum Gasteiger partial charge on any atom is 0.285 e. The number of nitrogens with zero attached hydrogens (tertiary/aromatic N) is 1. The summed E-state index contributed by atoms with van der Waals surface area (Å²) in [5.41, 5.74) is 1.42. The van der Waals surface area contributed by atoms with Gasteiger partial charge in [-0.05, 0) is 23.8 Å². The maximum atomic E-state index is 11.5. The number of benzene rings is 1. The lowest BCUT2D eigenvalue weighted by Crippen LogP contribution is -1.97. The first-order chi connectivity index (χ1) is 9.09. The highest BCUT2D eigenvalue weighted by Crippen LogP contribution is 2.28. The molecular formula is C13H15NO4S. The molecule has 0 fully saturated rings. The number of hydrogen-bond acceptors (Lipinski definition) is 4. The molecule has 1 unspecified atom stereocenters. The van der Waals surface area contributed by atoms with Crippen molar-refractivity contribution in [3.63, 3.8) is 0 Å². The molecule has 2 aromatic rings. The lowest BCUT2D eigenvalue weighted by Gasteiger charge is -2.02. The van der Waals surface area contributed by atoms with Crippen LogP contribution in [-0.2, 0) is 10.8 Å². The van der Waals surface area contributed by atoms with Gasteiger partial charge in [-0.15, -0.1) is 0 Å². The molecule has 0 spiro atoms. The van der Waals surface area contributed by atoms with Gasteiger partial charge >= 0.3 is 0 Å². The fraction of sp³-hybridized carbons (Fsp3) is 0.231. The molecule has 0 bridgehead atoms. The van der Waals surface area contributed by atoms with Gasteiger partial charge in [0.1, 0.15) is 4.90 Å². The van der Waals surface area contributed by atoms with Crippen LogP contribution in [-0.4, -0.2) is 15.4 Å². The average molecular weight is 281 g/mol. The largest absolute Gasteiger partial charge is 0.472 e. The van der Waals surface area contributed by atoms with Crippen molar-refractivity contribution in [2.24, 2.45) is 0 Å². The van der Waals surface area contributed by atoms with Crippen LogP contribution in [0.25, 0.3) is 11.1 Å². The molecule has 5 nitrogen and oxygen atoms in total. The average Bonchev–Trinajstić information content (AvgIpc) is 2.94. The topological polar surface area (TPSA) is 73.3 Å². The van der Waals surface area contributed by atoms with Crippen molar-refractivity contribution in [3.8, 4) is 11.1 Å². The predicted molar refractivity (Wildman–Crippen MR) is 74.5 cm³/mol. The van der Waals surface area contributed by atoms with E-state index in [0.717, 1.165) is 11.1 Å². The molecule has 102 valence electrons. The summed E-state index contributed by atoms with van der Waals surface area (Å²) in [6.07, 6.45) is 4.46. The van der Waals surface area contributed by atoms with E-state index in [1.54, 1.807) is 18.2 Å². The maximum absolute atomic E-state index is 11.5. The van der Waals surface area contributed by atoms with Crippen molar-refractivity contribution < 1.29 is 13.5 Å². The number of nitro benzene ring substituents is 1. The third kappa shape index (κ3) is 3.51. The van der Waals surface area contributed by atoms with Crippen molar-refractivity contribution in [3.05, 3.63) is 46.9 Å². The Morgan fingerprint density at radius 2 is 1.89 bits per heavy atom. The molecule has 1 heterocycles. The van der Waals surface area contributed by atoms with Crippen molar-refractivity contribution >= 4 is 16.5 Å². The van der Waals surface area contributed by atoms with Gasteiger partial charge in [-0.2, -0.15) is 0 Å². The second-order valence-corrected chi connectivity index (χ2v) is 4.75. The molecule has 2 rings (SSSR count). The van der Waals surface area contributed by atoms with Crippen LogP contribution in [0, 0.1) is 10.1 Å². The van der Waals surface area contributed by atoms with Gasteiger partial charge < -0.3 is 4.42 Å². The van der Waals surface area contributed by atoms with Crippen LogP contribution in [0.5, 0.6) is 0 Å². The molecule has 0 saturated carbocycles. The van der Waals surface area contributed by atoms with E-state index in [9.17, 15) is 14.3 Å². The summed E-state index contributed by atoms with van der Waals surface area (Å²) < 4.78 is 16.4. The fourth-order valence-corrected chi connectivity index (χ4v) is 2.23. The van der Waals surface area contributed by atoms with Crippen LogP contribution in [0.15, 0.2) is 46.1 Å². The van der Waals surface area contributed by atoms with Crippen LogP contribution >= 0.6 is 0 Å². The Morgan fingerprint density at radius 3 is 2.37 bits per heavy atom. The number of nitro groups is 1. The molecule has 0 aliphatic rings. The standard InChI is InChI=1S/C11H9NO4S.C2H6/c1-17(15)11-6-8(9-4-5-16-7-9)2-3-10(11)12(13)14;1-2/h2-7H,1H3;1-2H3. The third-order valence-electron chi connectivity index (χ3n) is 2.32. The molecule has 0 aliphatic carbocycles. The first-order valence-corrected chi connectivity index (χ1v) is 7.30. The highest BCUT2D eigenvalue weighted by Gasteiger charge is 2.17. The summed E-state index contributed by atoms with van der Waals surface area (Å²) in [5.74, 6) is 0. The van der Waals surface area contributed by atoms with E-state index in [4.69, 9.17) is 4.42 Å².